The SMILES string of the molecule is Cn1cnc(S(=O)(=O)N2C[C@@H](C(=O)NCc3cccc(C(F)(F)F)c3)[C@H](c3ccc(F)cc3)C2)c1. The summed E-state index contributed by atoms with van der Waals surface area (Å²) in [5, 5.41) is 2.46. The molecule has 1 aliphatic rings. The largest absolute Gasteiger partial charge is 0.416 e. The molecule has 1 saturated heterocycles. The van der Waals surface area contributed by atoms with Gasteiger partial charge in [0.2, 0.25) is 5.91 Å². The van der Waals surface area contributed by atoms with Gasteiger partial charge in [-0.1, -0.05) is 24.3 Å². The molecule has 35 heavy (non-hydrogen) atoms. The summed E-state index contributed by atoms with van der Waals surface area (Å²) in [6.07, 6.45) is -1.82. The molecule has 7 nitrogen and oxygen atoms in total. The van der Waals surface area contributed by atoms with Gasteiger partial charge in [-0.3, -0.25) is 4.79 Å². The predicted molar refractivity (Wildman–Crippen MR) is 118 cm³/mol. The highest BCUT2D eigenvalue weighted by Crippen LogP contribution is 2.36. The molecule has 1 amide bonds. The number of sulfonamides is 1. The minimum absolute atomic E-state index is 0.0355. The van der Waals surface area contributed by atoms with Crippen LogP contribution >= 0.6 is 0 Å². The minimum atomic E-state index is -4.51. The Morgan fingerprint density at radius 2 is 1.86 bits per heavy atom. The number of amides is 1. The molecule has 0 spiro atoms. The molecular formula is C23H22F4N4O3S. The minimum Gasteiger partial charge on any atom is -0.352 e. The van der Waals surface area contributed by atoms with E-state index in [1.54, 1.807) is 7.05 Å². The number of hydrogen-bond acceptors (Lipinski definition) is 4. The van der Waals surface area contributed by atoms with Crippen molar-refractivity contribution in [3.63, 3.8) is 0 Å². The number of alkyl halides is 3. The summed E-state index contributed by atoms with van der Waals surface area (Å²) in [5.41, 5.74) is -0.00580. The van der Waals surface area contributed by atoms with Crippen molar-refractivity contribution in [2.24, 2.45) is 13.0 Å². The summed E-state index contributed by atoms with van der Waals surface area (Å²) in [6, 6.07) is 10.0. The lowest BCUT2D eigenvalue weighted by molar-refractivity contribution is -0.137. The van der Waals surface area contributed by atoms with Gasteiger partial charge >= 0.3 is 6.18 Å². The Labute approximate surface area is 199 Å². The van der Waals surface area contributed by atoms with Crippen LogP contribution in [-0.2, 0) is 34.6 Å². The Balaban J connectivity index is 1.56. The Bertz CT molecular complexity index is 1320. The van der Waals surface area contributed by atoms with Gasteiger partial charge in [0.1, 0.15) is 5.82 Å². The van der Waals surface area contributed by atoms with Gasteiger partial charge in [-0.15, -0.1) is 0 Å². The third kappa shape index (κ3) is 5.38. The van der Waals surface area contributed by atoms with Gasteiger partial charge < -0.3 is 9.88 Å². The van der Waals surface area contributed by atoms with Crippen molar-refractivity contribution >= 4 is 15.9 Å². The zero-order chi connectivity index (χ0) is 25.4. The number of nitrogens with one attached hydrogen (secondary N) is 1. The molecule has 186 valence electrons. The maximum atomic E-state index is 13.5. The van der Waals surface area contributed by atoms with E-state index in [1.807, 2.05) is 0 Å². The highest BCUT2D eigenvalue weighted by atomic mass is 32.2. The summed E-state index contributed by atoms with van der Waals surface area (Å²) in [7, 11) is -2.37. The molecule has 2 aromatic carbocycles. The first-order valence-electron chi connectivity index (χ1n) is 10.6. The number of benzene rings is 2. The standard InChI is InChI=1S/C23H22F4N4O3S/c1-30-13-21(29-14-30)35(33,34)31-11-19(16-5-7-18(24)8-6-16)20(12-31)22(32)28-10-15-3-2-4-17(9-15)23(25,26)27/h2-9,13-14,19-20H,10-12H2,1H3,(H,28,32)/t19-,20+/m0/s1. The third-order valence-electron chi connectivity index (χ3n) is 5.93. The van der Waals surface area contributed by atoms with Crippen molar-refractivity contribution in [3.8, 4) is 0 Å². The normalized spacial score (nSPS) is 19.1. The van der Waals surface area contributed by atoms with Gasteiger partial charge in [-0.25, -0.2) is 17.8 Å². The molecule has 1 N–H and O–H groups in total. The number of halogens is 4. The van der Waals surface area contributed by atoms with Crippen LogP contribution in [0.5, 0.6) is 0 Å². The molecule has 0 bridgehead atoms. The van der Waals surface area contributed by atoms with Crippen molar-refractivity contribution < 1.29 is 30.8 Å². The van der Waals surface area contributed by atoms with E-state index >= 15 is 0 Å². The molecule has 12 heteroatoms. The summed E-state index contributed by atoms with van der Waals surface area (Å²) >= 11 is 0. The van der Waals surface area contributed by atoms with Crippen molar-refractivity contribution in [3.05, 3.63) is 83.6 Å². The van der Waals surface area contributed by atoms with Crippen LogP contribution < -0.4 is 5.32 Å². The lowest BCUT2D eigenvalue weighted by Gasteiger charge is -2.18. The fraction of sp³-hybridized carbons (Fsp3) is 0.304. The molecule has 0 aliphatic carbocycles. The van der Waals surface area contributed by atoms with Crippen LogP contribution in [0.3, 0.4) is 0 Å². The average molecular weight is 511 g/mol. The second kappa shape index (κ2) is 9.42. The van der Waals surface area contributed by atoms with E-state index in [9.17, 15) is 30.8 Å². The number of hydrogen-bond donors (Lipinski definition) is 1. The van der Waals surface area contributed by atoms with Crippen LogP contribution in [0.25, 0.3) is 0 Å². The maximum absolute atomic E-state index is 13.5. The lowest BCUT2D eigenvalue weighted by Crippen LogP contribution is -2.35. The molecule has 1 aliphatic heterocycles. The first-order chi connectivity index (χ1) is 16.4. The van der Waals surface area contributed by atoms with Gasteiger partial charge in [0.05, 0.1) is 17.8 Å². The number of aryl methyl sites for hydroxylation is 1. The van der Waals surface area contributed by atoms with E-state index in [1.165, 1.54) is 53.5 Å². The third-order valence-corrected chi connectivity index (χ3v) is 7.65. The van der Waals surface area contributed by atoms with E-state index in [0.29, 0.717) is 5.56 Å². The summed E-state index contributed by atoms with van der Waals surface area (Å²) < 4.78 is 81.3. The predicted octanol–water partition coefficient (Wildman–Crippen LogP) is 3.30. The lowest BCUT2D eigenvalue weighted by atomic mass is 9.88. The Kier molecular flexibility index (Phi) is 6.69. The number of carbonyl (C=O) groups excluding carboxylic acids is 1. The van der Waals surface area contributed by atoms with Crippen molar-refractivity contribution in [2.75, 3.05) is 13.1 Å². The first-order valence-corrected chi connectivity index (χ1v) is 12.1. The summed E-state index contributed by atoms with van der Waals surface area (Å²) in [4.78, 5) is 17.0. The van der Waals surface area contributed by atoms with Crippen LogP contribution in [0.1, 0.15) is 22.6 Å². The van der Waals surface area contributed by atoms with Crippen molar-refractivity contribution in [1.82, 2.24) is 19.2 Å². The molecular weight excluding hydrogens is 488 g/mol. The van der Waals surface area contributed by atoms with E-state index in [4.69, 9.17) is 0 Å². The quantitative estimate of drug-likeness (QED) is 0.516. The molecule has 0 radical (unpaired) electrons. The van der Waals surface area contributed by atoms with E-state index in [2.05, 4.69) is 10.3 Å². The fourth-order valence-electron chi connectivity index (χ4n) is 4.11. The van der Waals surface area contributed by atoms with E-state index < -0.39 is 45.3 Å². The van der Waals surface area contributed by atoms with E-state index in [0.717, 1.165) is 16.4 Å². The summed E-state index contributed by atoms with van der Waals surface area (Å²) in [6.45, 7) is -0.357. The summed E-state index contributed by atoms with van der Waals surface area (Å²) in [5.74, 6) is -2.42. The Hall–Kier alpha value is -3.25. The number of rotatable bonds is 6. The molecule has 1 aromatic heterocycles. The van der Waals surface area contributed by atoms with Gasteiger partial charge in [0.15, 0.2) is 5.03 Å². The van der Waals surface area contributed by atoms with Crippen LogP contribution in [0.2, 0.25) is 0 Å². The van der Waals surface area contributed by atoms with Crippen LogP contribution in [0.15, 0.2) is 66.1 Å². The van der Waals surface area contributed by atoms with Crippen molar-refractivity contribution in [1.29, 1.82) is 0 Å². The Morgan fingerprint density at radius 1 is 1.14 bits per heavy atom. The maximum Gasteiger partial charge on any atom is 0.416 e. The number of imidazole rings is 1. The van der Waals surface area contributed by atoms with Gasteiger partial charge in [-0.05, 0) is 35.4 Å². The molecule has 2 atom stereocenters. The van der Waals surface area contributed by atoms with Crippen LogP contribution in [0.4, 0.5) is 17.6 Å². The first kappa shape index (κ1) is 24.9. The second-order valence-corrected chi connectivity index (χ2v) is 10.3. The van der Waals surface area contributed by atoms with Gasteiger partial charge in [0.25, 0.3) is 10.0 Å². The molecule has 0 unspecified atom stereocenters. The topological polar surface area (TPSA) is 84.3 Å². The van der Waals surface area contributed by atoms with Crippen molar-refractivity contribution in [2.45, 2.75) is 23.7 Å². The monoisotopic (exact) mass is 510 g/mol. The van der Waals surface area contributed by atoms with Gasteiger partial charge in [-0.2, -0.15) is 17.5 Å². The van der Waals surface area contributed by atoms with Crippen LogP contribution in [0, 0.1) is 11.7 Å². The molecule has 1 fully saturated rings. The zero-order valence-electron chi connectivity index (χ0n) is 18.5. The highest BCUT2D eigenvalue weighted by molar-refractivity contribution is 7.89. The molecule has 2 heterocycles. The molecule has 0 saturated carbocycles. The van der Waals surface area contributed by atoms with Crippen LogP contribution in [-0.4, -0.2) is 41.3 Å². The number of carbonyl (C=O) groups is 1. The molecule has 3 aromatic rings. The number of nitrogens with zero attached hydrogens (tertiary/aromatic N) is 3. The smallest absolute Gasteiger partial charge is 0.352 e. The Morgan fingerprint density at radius 3 is 2.49 bits per heavy atom. The fourth-order valence-corrected chi connectivity index (χ4v) is 5.57. The van der Waals surface area contributed by atoms with E-state index in [-0.39, 0.29) is 30.2 Å². The van der Waals surface area contributed by atoms with Gasteiger partial charge in [0, 0.05) is 38.8 Å². The average Bonchev–Trinajstić information content (AvgIpc) is 3.45. The number of aromatic nitrogens is 2. The highest BCUT2D eigenvalue weighted by Gasteiger charge is 2.44. The second-order valence-electron chi connectivity index (χ2n) is 8.38. The molecule has 4 rings (SSSR count). The zero-order valence-corrected chi connectivity index (χ0v) is 19.4.